The van der Waals surface area contributed by atoms with E-state index in [1.807, 2.05) is 24.3 Å². The van der Waals surface area contributed by atoms with Crippen molar-refractivity contribution < 1.29 is 19.5 Å². The predicted octanol–water partition coefficient (Wildman–Crippen LogP) is 4.85. The maximum Gasteiger partial charge on any atom is 0.303 e. The second kappa shape index (κ2) is 11.0. The van der Waals surface area contributed by atoms with Crippen LogP contribution in [0.4, 0.5) is 5.69 Å². The summed E-state index contributed by atoms with van der Waals surface area (Å²) in [6.45, 7) is 0.241. The summed E-state index contributed by atoms with van der Waals surface area (Å²) >= 11 is 5.81. The van der Waals surface area contributed by atoms with E-state index in [-0.39, 0.29) is 37.1 Å². The van der Waals surface area contributed by atoms with Crippen molar-refractivity contribution in [2.75, 3.05) is 11.9 Å². The number of hydrogen-bond acceptors (Lipinski definition) is 3. The Balaban J connectivity index is 1.40. The van der Waals surface area contributed by atoms with Gasteiger partial charge in [-0.05, 0) is 79.5 Å². The molecule has 0 heterocycles. The number of hydrogen-bond donors (Lipinski definition) is 3. The van der Waals surface area contributed by atoms with Crippen molar-refractivity contribution in [2.24, 2.45) is 5.92 Å². The van der Waals surface area contributed by atoms with E-state index in [1.54, 1.807) is 24.3 Å². The summed E-state index contributed by atoms with van der Waals surface area (Å²) < 4.78 is 0. The number of rotatable bonds is 8. The highest BCUT2D eigenvalue weighted by molar-refractivity contribution is 6.30. The van der Waals surface area contributed by atoms with Crippen LogP contribution in [0.15, 0.2) is 48.5 Å². The van der Waals surface area contributed by atoms with Gasteiger partial charge in [-0.25, -0.2) is 0 Å². The molecule has 0 unspecified atom stereocenters. The minimum absolute atomic E-state index is 0.168. The van der Waals surface area contributed by atoms with Crippen LogP contribution >= 0.6 is 11.6 Å². The summed E-state index contributed by atoms with van der Waals surface area (Å²) in [5.74, 6) is -0.399. The lowest BCUT2D eigenvalue weighted by atomic mass is 9.77. The normalized spacial score (nSPS) is 18.2. The van der Waals surface area contributed by atoms with Crippen molar-refractivity contribution in [3.63, 3.8) is 0 Å². The second-order valence-electron chi connectivity index (χ2n) is 8.00. The largest absolute Gasteiger partial charge is 0.481 e. The maximum atomic E-state index is 12.2. The van der Waals surface area contributed by atoms with E-state index in [0.717, 1.165) is 31.4 Å². The number of carboxylic acids is 1. The molecule has 1 saturated carbocycles. The topological polar surface area (TPSA) is 95.5 Å². The number of halogens is 1. The molecule has 0 bridgehead atoms. The van der Waals surface area contributed by atoms with Gasteiger partial charge in [0, 0.05) is 35.7 Å². The van der Waals surface area contributed by atoms with Gasteiger partial charge in [-0.15, -0.1) is 0 Å². The third-order valence-corrected chi connectivity index (χ3v) is 5.97. The summed E-state index contributed by atoms with van der Waals surface area (Å²) in [4.78, 5) is 35.1. The summed E-state index contributed by atoms with van der Waals surface area (Å²) in [7, 11) is 0. The van der Waals surface area contributed by atoms with Crippen LogP contribution in [0.1, 0.15) is 60.4 Å². The Morgan fingerprint density at radius 1 is 0.935 bits per heavy atom. The van der Waals surface area contributed by atoms with E-state index < -0.39 is 5.97 Å². The van der Waals surface area contributed by atoms with Gasteiger partial charge < -0.3 is 15.7 Å². The van der Waals surface area contributed by atoms with E-state index in [2.05, 4.69) is 10.6 Å². The van der Waals surface area contributed by atoms with Crippen LogP contribution in [0.25, 0.3) is 0 Å². The fourth-order valence-corrected chi connectivity index (χ4v) is 4.13. The van der Waals surface area contributed by atoms with E-state index >= 15 is 0 Å². The molecule has 31 heavy (non-hydrogen) atoms. The number of carbonyl (C=O) groups is 3. The van der Waals surface area contributed by atoms with Gasteiger partial charge in [0.1, 0.15) is 0 Å². The first-order valence-corrected chi connectivity index (χ1v) is 10.9. The Morgan fingerprint density at radius 2 is 1.58 bits per heavy atom. The lowest BCUT2D eigenvalue weighted by Gasteiger charge is -2.28. The van der Waals surface area contributed by atoms with E-state index in [4.69, 9.17) is 16.7 Å². The SMILES string of the molecule is O=C(O)C[C@H]1CC[C@H](c2ccc(NC(=O)CCNC(=O)c3ccc(Cl)cc3)cc2)CC1. The first kappa shape index (κ1) is 22.8. The highest BCUT2D eigenvalue weighted by atomic mass is 35.5. The molecule has 1 fully saturated rings. The van der Waals surface area contributed by atoms with Crippen LogP contribution in [0, 0.1) is 5.92 Å². The highest BCUT2D eigenvalue weighted by Crippen LogP contribution is 2.37. The minimum Gasteiger partial charge on any atom is -0.481 e. The summed E-state index contributed by atoms with van der Waals surface area (Å²) in [5, 5.41) is 15.1. The molecule has 0 atom stereocenters. The van der Waals surface area contributed by atoms with Crippen LogP contribution < -0.4 is 10.6 Å². The lowest BCUT2D eigenvalue weighted by Crippen LogP contribution is -2.27. The standard InChI is InChI=1S/C24H27ClN2O4/c25-20-9-5-19(6-10-20)24(31)26-14-13-22(28)27-21-11-7-18(8-12-21)17-3-1-16(2-4-17)15-23(29)30/h5-12,16-17H,1-4,13-15H2,(H,26,31)(H,27,28)(H,29,30)/t16-,17-. The Kier molecular flexibility index (Phi) is 8.06. The molecule has 0 radical (unpaired) electrons. The molecule has 164 valence electrons. The molecule has 2 aromatic rings. The molecule has 0 saturated heterocycles. The number of benzene rings is 2. The number of nitrogens with one attached hydrogen (secondary N) is 2. The molecular weight excluding hydrogens is 416 g/mol. The molecule has 2 amide bonds. The van der Waals surface area contributed by atoms with Crippen molar-refractivity contribution >= 4 is 35.1 Å². The second-order valence-corrected chi connectivity index (χ2v) is 8.43. The molecule has 0 spiro atoms. The number of amides is 2. The predicted molar refractivity (Wildman–Crippen MR) is 120 cm³/mol. The molecule has 3 N–H and O–H groups in total. The molecular formula is C24H27ClN2O4. The average Bonchev–Trinajstić information content (AvgIpc) is 2.75. The van der Waals surface area contributed by atoms with Gasteiger partial charge >= 0.3 is 5.97 Å². The molecule has 0 aromatic heterocycles. The number of aliphatic carboxylic acids is 1. The Morgan fingerprint density at radius 3 is 2.19 bits per heavy atom. The van der Waals surface area contributed by atoms with Crippen LogP contribution in [0.2, 0.25) is 5.02 Å². The zero-order valence-electron chi connectivity index (χ0n) is 17.3. The number of carboxylic acid groups (broad SMARTS) is 1. The zero-order valence-corrected chi connectivity index (χ0v) is 18.0. The quantitative estimate of drug-likeness (QED) is 0.544. The Hall–Kier alpha value is -2.86. The lowest BCUT2D eigenvalue weighted by molar-refractivity contribution is -0.138. The van der Waals surface area contributed by atoms with E-state index in [9.17, 15) is 14.4 Å². The van der Waals surface area contributed by atoms with Gasteiger partial charge in [-0.2, -0.15) is 0 Å². The van der Waals surface area contributed by atoms with Gasteiger partial charge in [0.15, 0.2) is 0 Å². The van der Waals surface area contributed by atoms with Gasteiger partial charge in [0.2, 0.25) is 5.91 Å². The van der Waals surface area contributed by atoms with Gasteiger partial charge in [0.05, 0.1) is 0 Å². The monoisotopic (exact) mass is 442 g/mol. The van der Waals surface area contributed by atoms with E-state index in [0.29, 0.717) is 16.5 Å². The minimum atomic E-state index is -0.715. The summed E-state index contributed by atoms with van der Waals surface area (Å²) in [6, 6.07) is 14.4. The van der Waals surface area contributed by atoms with Crippen LogP contribution in [0.3, 0.4) is 0 Å². The van der Waals surface area contributed by atoms with Crippen molar-refractivity contribution in [1.82, 2.24) is 5.32 Å². The first-order valence-electron chi connectivity index (χ1n) is 10.6. The average molecular weight is 443 g/mol. The fourth-order valence-electron chi connectivity index (χ4n) is 4.00. The molecule has 3 rings (SSSR count). The fraction of sp³-hybridized carbons (Fsp3) is 0.375. The third kappa shape index (κ3) is 7.10. The molecule has 1 aliphatic carbocycles. The van der Waals surface area contributed by atoms with Crippen molar-refractivity contribution in [1.29, 1.82) is 0 Å². The number of carbonyl (C=O) groups excluding carboxylic acids is 2. The maximum absolute atomic E-state index is 12.2. The Labute approximate surface area is 187 Å². The van der Waals surface area contributed by atoms with Crippen molar-refractivity contribution in [2.45, 2.75) is 44.4 Å². The highest BCUT2D eigenvalue weighted by Gasteiger charge is 2.23. The third-order valence-electron chi connectivity index (χ3n) is 5.72. The smallest absolute Gasteiger partial charge is 0.303 e. The van der Waals surface area contributed by atoms with Crippen LogP contribution in [-0.2, 0) is 9.59 Å². The summed E-state index contributed by atoms with van der Waals surface area (Å²) in [5.41, 5.74) is 2.44. The first-order chi connectivity index (χ1) is 14.9. The van der Waals surface area contributed by atoms with Gasteiger partial charge in [-0.3, -0.25) is 14.4 Å². The van der Waals surface area contributed by atoms with Gasteiger partial charge in [-0.1, -0.05) is 23.7 Å². The molecule has 2 aromatic carbocycles. The van der Waals surface area contributed by atoms with Crippen molar-refractivity contribution in [3.8, 4) is 0 Å². The van der Waals surface area contributed by atoms with Crippen molar-refractivity contribution in [3.05, 3.63) is 64.7 Å². The summed E-state index contributed by atoms with van der Waals surface area (Å²) in [6.07, 6.45) is 4.31. The molecule has 0 aliphatic heterocycles. The molecule has 6 nitrogen and oxygen atoms in total. The molecule has 7 heteroatoms. The van der Waals surface area contributed by atoms with Crippen LogP contribution in [0.5, 0.6) is 0 Å². The van der Waals surface area contributed by atoms with E-state index in [1.165, 1.54) is 5.56 Å². The van der Waals surface area contributed by atoms with Gasteiger partial charge in [0.25, 0.3) is 5.91 Å². The zero-order chi connectivity index (χ0) is 22.2. The molecule has 1 aliphatic rings. The van der Waals surface area contributed by atoms with Crippen LogP contribution in [-0.4, -0.2) is 29.4 Å². The number of anilines is 1. The Bertz CT molecular complexity index is 904.